The number of fused-ring (bicyclic) bond motifs is 2. The van der Waals surface area contributed by atoms with Gasteiger partial charge in [0, 0.05) is 18.2 Å². The molecule has 162 valence electrons. The lowest BCUT2D eigenvalue weighted by atomic mass is 10.0. The Morgan fingerprint density at radius 3 is 2.55 bits per heavy atom. The zero-order chi connectivity index (χ0) is 21.3. The summed E-state index contributed by atoms with van der Waals surface area (Å²) in [6.45, 7) is 1.21. The van der Waals surface area contributed by atoms with Gasteiger partial charge >= 0.3 is 0 Å². The van der Waals surface area contributed by atoms with Crippen molar-refractivity contribution >= 4 is 55.8 Å². The quantitative estimate of drug-likeness (QED) is 0.367. The molecule has 4 rings (SSSR count). The second kappa shape index (κ2) is 9.68. The van der Waals surface area contributed by atoms with Crippen molar-refractivity contribution in [2.75, 3.05) is 32.1 Å². The molecule has 0 saturated carbocycles. The molecule has 1 aromatic heterocycles. The molecule has 0 aliphatic heterocycles. The Hall–Kier alpha value is -2.61. The molecule has 0 unspecified atom stereocenters. The standard InChI is InChI=1S/C23H21F2N3OS.ClH/c1-27(2)11-6-12-28(23-26-21-19(25)13-16(24)14-20(21)30-23)22(29)18-10-5-8-15-7-3-4-9-17(15)18;/h3-5,7-10,13-14H,6,11-12H2,1-2H3;1H. The number of hydrogen-bond acceptors (Lipinski definition) is 4. The molecule has 3 aromatic carbocycles. The molecular formula is C23H22ClF2N3OS. The Balaban J connectivity index is 0.00000272. The van der Waals surface area contributed by atoms with E-state index in [0.29, 0.717) is 21.9 Å². The van der Waals surface area contributed by atoms with Gasteiger partial charge in [0.25, 0.3) is 5.91 Å². The molecule has 0 bridgehead atoms. The van der Waals surface area contributed by atoms with Gasteiger partial charge in [0.2, 0.25) is 0 Å². The van der Waals surface area contributed by atoms with Gasteiger partial charge in [-0.1, -0.05) is 47.7 Å². The smallest absolute Gasteiger partial charge is 0.260 e. The summed E-state index contributed by atoms with van der Waals surface area (Å²) in [6, 6.07) is 15.3. The van der Waals surface area contributed by atoms with Crippen LogP contribution in [0.15, 0.2) is 54.6 Å². The summed E-state index contributed by atoms with van der Waals surface area (Å²) in [5.41, 5.74) is 0.642. The number of thiazole rings is 1. The third-order valence-electron chi connectivity index (χ3n) is 4.89. The van der Waals surface area contributed by atoms with E-state index in [4.69, 9.17) is 0 Å². The molecule has 1 heterocycles. The fourth-order valence-corrected chi connectivity index (χ4v) is 4.48. The van der Waals surface area contributed by atoms with Crippen LogP contribution in [0.25, 0.3) is 21.0 Å². The summed E-state index contributed by atoms with van der Waals surface area (Å²) in [5, 5.41) is 2.18. The van der Waals surface area contributed by atoms with Gasteiger partial charge in [-0.3, -0.25) is 9.69 Å². The van der Waals surface area contributed by atoms with Crippen LogP contribution in [0.4, 0.5) is 13.9 Å². The van der Waals surface area contributed by atoms with Crippen LogP contribution in [-0.4, -0.2) is 43.0 Å². The van der Waals surface area contributed by atoms with Crippen LogP contribution in [0.2, 0.25) is 0 Å². The highest BCUT2D eigenvalue weighted by atomic mass is 35.5. The van der Waals surface area contributed by atoms with Crippen LogP contribution in [0.3, 0.4) is 0 Å². The van der Waals surface area contributed by atoms with Crippen molar-refractivity contribution < 1.29 is 13.6 Å². The number of rotatable bonds is 6. The zero-order valence-electron chi connectivity index (χ0n) is 17.1. The Morgan fingerprint density at radius 2 is 1.77 bits per heavy atom. The van der Waals surface area contributed by atoms with E-state index in [0.717, 1.165) is 41.1 Å². The minimum atomic E-state index is -0.724. The second-order valence-electron chi connectivity index (χ2n) is 7.37. The first-order chi connectivity index (χ1) is 14.4. The Kier molecular flexibility index (Phi) is 7.20. The molecule has 0 saturated heterocycles. The SMILES string of the molecule is CN(C)CCCN(C(=O)c1cccc2ccccc12)c1nc2c(F)cc(F)cc2s1.Cl. The molecular weight excluding hydrogens is 440 g/mol. The Morgan fingerprint density at radius 1 is 1.03 bits per heavy atom. The van der Waals surface area contributed by atoms with Gasteiger partial charge in [-0.2, -0.15) is 0 Å². The number of anilines is 1. The van der Waals surface area contributed by atoms with Crippen molar-refractivity contribution in [1.29, 1.82) is 0 Å². The molecule has 0 radical (unpaired) electrons. The molecule has 0 spiro atoms. The molecule has 1 amide bonds. The van der Waals surface area contributed by atoms with Crippen LogP contribution >= 0.6 is 23.7 Å². The molecule has 4 aromatic rings. The number of carbonyl (C=O) groups is 1. The molecule has 0 N–H and O–H groups in total. The second-order valence-corrected chi connectivity index (χ2v) is 8.38. The number of halogens is 3. The maximum Gasteiger partial charge on any atom is 0.260 e. The highest BCUT2D eigenvalue weighted by molar-refractivity contribution is 7.22. The fourth-order valence-electron chi connectivity index (χ4n) is 3.45. The summed E-state index contributed by atoms with van der Waals surface area (Å²) in [6.07, 6.45) is 0.719. The minimum Gasteiger partial charge on any atom is -0.309 e. The molecule has 4 nitrogen and oxygen atoms in total. The summed E-state index contributed by atoms with van der Waals surface area (Å²) in [5.74, 6) is -1.58. The largest absolute Gasteiger partial charge is 0.309 e. The van der Waals surface area contributed by atoms with E-state index in [1.807, 2.05) is 55.4 Å². The van der Waals surface area contributed by atoms with Crippen molar-refractivity contribution in [3.05, 3.63) is 71.8 Å². The lowest BCUT2D eigenvalue weighted by Crippen LogP contribution is -2.33. The van der Waals surface area contributed by atoms with Crippen molar-refractivity contribution in [1.82, 2.24) is 9.88 Å². The average molecular weight is 462 g/mol. The molecule has 8 heteroatoms. The third kappa shape index (κ3) is 4.84. The van der Waals surface area contributed by atoms with E-state index in [1.165, 1.54) is 6.07 Å². The summed E-state index contributed by atoms with van der Waals surface area (Å²) < 4.78 is 28.2. The monoisotopic (exact) mass is 461 g/mol. The summed E-state index contributed by atoms with van der Waals surface area (Å²) in [4.78, 5) is 21.5. The minimum absolute atomic E-state index is 0. The first kappa shape index (κ1) is 23.1. The Bertz CT molecular complexity index is 1220. The molecule has 0 aliphatic carbocycles. The van der Waals surface area contributed by atoms with Crippen LogP contribution < -0.4 is 4.90 Å². The lowest BCUT2D eigenvalue weighted by molar-refractivity contribution is 0.0987. The van der Waals surface area contributed by atoms with Crippen molar-refractivity contribution in [3.8, 4) is 0 Å². The number of carbonyl (C=O) groups excluding carboxylic acids is 1. The van der Waals surface area contributed by atoms with E-state index in [-0.39, 0.29) is 23.8 Å². The zero-order valence-corrected chi connectivity index (χ0v) is 18.8. The van der Waals surface area contributed by atoms with Crippen LogP contribution in [-0.2, 0) is 0 Å². The lowest BCUT2D eigenvalue weighted by Gasteiger charge is -2.21. The first-order valence-corrected chi connectivity index (χ1v) is 10.5. The third-order valence-corrected chi connectivity index (χ3v) is 5.91. The van der Waals surface area contributed by atoms with Gasteiger partial charge in [0.15, 0.2) is 10.9 Å². The predicted octanol–water partition coefficient (Wildman–Crippen LogP) is 5.75. The van der Waals surface area contributed by atoms with Gasteiger partial charge in [-0.15, -0.1) is 12.4 Å². The van der Waals surface area contributed by atoms with Gasteiger partial charge in [-0.05, 0) is 50.0 Å². The normalized spacial score (nSPS) is 11.1. The summed E-state index contributed by atoms with van der Waals surface area (Å²) >= 11 is 1.12. The number of hydrogen-bond donors (Lipinski definition) is 0. The van der Waals surface area contributed by atoms with Gasteiger partial charge < -0.3 is 4.90 Å². The Labute approximate surface area is 189 Å². The van der Waals surface area contributed by atoms with E-state index >= 15 is 0 Å². The van der Waals surface area contributed by atoms with Crippen molar-refractivity contribution in [3.63, 3.8) is 0 Å². The van der Waals surface area contributed by atoms with Gasteiger partial charge in [0.1, 0.15) is 11.3 Å². The molecule has 0 aliphatic rings. The number of benzene rings is 3. The van der Waals surface area contributed by atoms with Gasteiger partial charge in [-0.25, -0.2) is 13.8 Å². The molecule has 31 heavy (non-hydrogen) atoms. The number of aromatic nitrogens is 1. The number of amides is 1. The summed E-state index contributed by atoms with van der Waals surface area (Å²) in [7, 11) is 3.93. The maximum absolute atomic E-state index is 14.2. The van der Waals surface area contributed by atoms with Gasteiger partial charge in [0.05, 0.1) is 4.70 Å². The van der Waals surface area contributed by atoms with E-state index in [2.05, 4.69) is 4.98 Å². The van der Waals surface area contributed by atoms with Crippen LogP contribution in [0, 0.1) is 11.6 Å². The predicted molar refractivity (Wildman–Crippen MR) is 126 cm³/mol. The topological polar surface area (TPSA) is 36.4 Å². The van der Waals surface area contributed by atoms with E-state index in [1.54, 1.807) is 11.0 Å². The molecule has 0 atom stereocenters. The molecule has 0 fully saturated rings. The maximum atomic E-state index is 14.2. The van der Waals surface area contributed by atoms with Crippen LogP contribution in [0.1, 0.15) is 16.8 Å². The van der Waals surface area contributed by atoms with E-state index in [9.17, 15) is 13.6 Å². The first-order valence-electron chi connectivity index (χ1n) is 9.64. The highest BCUT2D eigenvalue weighted by Gasteiger charge is 2.23. The van der Waals surface area contributed by atoms with Crippen LogP contribution in [0.5, 0.6) is 0 Å². The number of nitrogens with zero attached hydrogens (tertiary/aromatic N) is 3. The average Bonchev–Trinajstić information content (AvgIpc) is 3.14. The van der Waals surface area contributed by atoms with Crippen molar-refractivity contribution in [2.24, 2.45) is 0 Å². The van der Waals surface area contributed by atoms with E-state index < -0.39 is 11.6 Å². The highest BCUT2D eigenvalue weighted by Crippen LogP contribution is 2.33. The van der Waals surface area contributed by atoms with Crippen molar-refractivity contribution in [2.45, 2.75) is 6.42 Å². The fraction of sp³-hybridized carbons (Fsp3) is 0.217.